The summed E-state index contributed by atoms with van der Waals surface area (Å²) < 4.78 is 27.7. The van der Waals surface area contributed by atoms with Gasteiger partial charge in [-0.3, -0.25) is 9.88 Å². The first kappa shape index (κ1) is 19.1. The Balaban J connectivity index is 1.47. The Labute approximate surface area is 172 Å². The summed E-state index contributed by atoms with van der Waals surface area (Å²) in [5.74, 6) is 0. The number of para-hydroxylation sites is 1. The van der Waals surface area contributed by atoms with E-state index in [0.717, 1.165) is 34.3 Å². The molecule has 2 aromatic heterocycles. The second-order valence-corrected chi connectivity index (χ2v) is 10.6. The first-order chi connectivity index (χ1) is 12.9. The highest BCUT2D eigenvalue weighted by molar-refractivity contribution is 7.89. The fraction of sp³-hybridized carbons (Fsp3) is 0.278. The molecule has 1 fully saturated rings. The van der Waals surface area contributed by atoms with Crippen LogP contribution in [0.2, 0.25) is 8.67 Å². The van der Waals surface area contributed by atoms with E-state index in [1.165, 1.54) is 10.4 Å². The normalized spacial score (nSPS) is 16.8. The minimum absolute atomic E-state index is 0.103. The van der Waals surface area contributed by atoms with Crippen molar-refractivity contribution in [2.45, 2.75) is 11.4 Å². The zero-order valence-corrected chi connectivity index (χ0v) is 17.5. The van der Waals surface area contributed by atoms with Gasteiger partial charge in [-0.05, 0) is 17.7 Å². The molecule has 3 aromatic rings. The van der Waals surface area contributed by atoms with Gasteiger partial charge >= 0.3 is 0 Å². The van der Waals surface area contributed by atoms with Gasteiger partial charge in [0.1, 0.15) is 9.23 Å². The molecule has 0 aliphatic carbocycles. The molecule has 0 spiro atoms. The van der Waals surface area contributed by atoms with Crippen molar-refractivity contribution in [3.8, 4) is 0 Å². The highest BCUT2D eigenvalue weighted by Gasteiger charge is 2.31. The molecule has 5 nitrogen and oxygen atoms in total. The molecule has 4 rings (SSSR count). The molecule has 3 heterocycles. The summed E-state index contributed by atoms with van der Waals surface area (Å²) >= 11 is 13.0. The number of sulfonamides is 1. The van der Waals surface area contributed by atoms with E-state index in [1.54, 1.807) is 6.20 Å². The summed E-state index contributed by atoms with van der Waals surface area (Å²) in [6.45, 7) is 2.89. The molecule has 0 bridgehead atoms. The van der Waals surface area contributed by atoms with Gasteiger partial charge < -0.3 is 0 Å². The summed E-state index contributed by atoms with van der Waals surface area (Å²) in [5, 5.41) is 1.11. The number of hydrogen-bond acceptors (Lipinski definition) is 5. The lowest BCUT2D eigenvalue weighted by molar-refractivity contribution is 0.182. The number of fused-ring (bicyclic) bond motifs is 1. The first-order valence-corrected chi connectivity index (χ1v) is 11.5. The zero-order valence-electron chi connectivity index (χ0n) is 14.3. The van der Waals surface area contributed by atoms with Crippen LogP contribution < -0.4 is 0 Å². The Bertz CT molecular complexity index is 1070. The fourth-order valence-corrected chi connectivity index (χ4v) is 6.84. The van der Waals surface area contributed by atoms with Gasteiger partial charge in [0.15, 0.2) is 0 Å². The maximum Gasteiger partial charge on any atom is 0.245 e. The van der Waals surface area contributed by atoms with Crippen molar-refractivity contribution < 1.29 is 8.42 Å². The number of hydrogen-bond donors (Lipinski definition) is 0. The van der Waals surface area contributed by atoms with Crippen LogP contribution in [0.5, 0.6) is 0 Å². The van der Waals surface area contributed by atoms with Gasteiger partial charge in [0, 0.05) is 44.3 Å². The number of halogens is 2. The molecule has 0 unspecified atom stereocenters. The topological polar surface area (TPSA) is 53.5 Å². The van der Waals surface area contributed by atoms with Gasteiger partial charge in [0.25, 0.3) is 0 Å². The van der Waals surface area contributed by atoms with E-state index in [-0.39, 0.29) is 9.23 Å². The Morgan fingerprint density at radius 3 is 2.52 bits per heavy atom. The van der Waals surface area contributed by atoms with Crippen molar-refractivity contribution in [1.29, 1.82) is 0 Å². The van der Waals surface area contributed by atoms with Crippen molar-refractivity contribution in [2.24, 2.45) is 0 Å². The van der Waals surface area contributed by atoms with E-state index in [0.29, 0.717) is 30.5 Å². The molecule has 0 radical (unpaired) electrons. The van der Waals surface area contributed by atoms with Crippen LogP contribution in [0.25, 0.3) is 10.9 Å². The minimum Gasteiger partial charge on any atom is -0.296 e. The van der Waals surface area contributed by atoms with Crippen molar-refractivity contribution >= 4 is 55.5 Å². The van der Waals surface area contributed by atoms with Crippen molar-refractivity contribution in [1.82, 2.24) is 14.2 Å². The quantitative estimate of drug-likeness (QED) is 0.610. The van der Waals surface area contributed by atoms with E-state index < -0.39 is 10.0 Å². The summed E-state index contributed by atoms with van der Waals surface area (Å²) in [5.41, 5.74) is 2.15. The SMILES string of the molecule is O=S(=O)(c1cc(Cl)sc1Cl)N1CCN(Cc2cccc3cccnc23)CC1. The molecule has 0 atom stereocenters. The largest absolute Gasteiger partial charge is 0.296 e. The molecule has 27 heavy (non-hydrogen) atoms. The number of rotatable bonds is 4. The average Bonchev–Trinajstić information content (AvgIpc) is 3.01. The van der Waals surface area contributed by atoms with E-state index in [4.69, 9.17) is 23.2 Å². The molecular formula is C18H17Cl2N3O2S2. The summed E-state index contributed by atoms with van der Waals surface area (Å²) in [7, 11) is -3.61. The maximum atomic E-state index is 12.8. The van der Waals surface area contributed by atoms with E-state index in [1.807, 2.05) is 24.3 Å². The number of pyridine rings is 1. The van der Waals surface area contributed by atoms with Crippen LogP contribution in [-0.2, 0) is 16.6 Å². The molecule has 1 saturated heterocycles. The number of piperazine rings is 1. The molecule has 1 aliphatic heterocycles. The van der Waals surface area contributed by atoms with E-state index in [2.05, 4.69) is 16.0 Å². The Morgan fingerprint density at radius 2 is 1.81 bits per heavy atom. The summed E-state index contributed by atoms with van der Waals surface area (Å²) in [4.78, 5) is 6.84. The smallest absolute Gasteiger partial charge is 0.245 e. The lowest BCUT2D eigenvalue weighted by Gasteiger charge is -2.34. The van der Waals surface area contributed by atoms with Crippen LogP contribution >= 0.6 is 34.5 Å². The van der Waals surface area contributed by atoms with Crippen molar-refractivity contribution in [3.63, 3.8) is 0 Å². The highest BCUT2D eigenvalue weighted by atomic mass is 35.5. The number of benzene rings is 1. The maximum absolute atomic E-state index is 12.8. The molecular weight excluding hydrogens is 425 g/mol. The number of nitrogens with zero attached hydrogens (tertiary/aromatic N) is 3. The summed E-state index contributed by atoms with van der Waals surface area (Å²) in [6.07, 6.45) is 1.80. The van der Waals surface area contributed by atoms with Crippen LogP contribution in [-0.4, -0.2) is 48.8 Å². The van der Waals surface area contributed by atoms with E-state index >= 15 is 0 Å². The molecule has 0 N–H and O–H groups in total. The van der Waals surface area contributed by atoms with E-state index in [9.17, 15) is 8.42 Å². The third-order valence-electron chi connectivity index (χ3n) is 4.68. The monoisotopic (exact) mass is 441 g/mol. The van der Waals surface area contributed by atoms with Crippen LogP contribution in [0.15, 0.2) is 47.5 Å². The standard InChI is InChI=1S/C18H17Cl2N3O2S2/c19-16-11-15(18(20)26-16)27(24,25)23-9-7-22(8-10-23)12-14-4-1-3-13-5-2-6-21-17(13)14/h1-6,11H,7-10,12H2. The number of aromatic nitrogens is 1. The Hall–Kier alpha value is -1.22. The Morgan fingerprint density at radius 1 is 1.07 bits per heavy atom. The van der Waals surface area contributed by atoms with Gasteiger partial charge in [-0.25, -0.2) is 8.42 Å². The van der Waals surface area contributed by atoms with Gasteiger partial charge in [0.05, 0.1) is 9.85 Å². The van der Waals surface area contributed by atoms with Crippen LogP contribution in [0.4, 0.5) is 0 Å². The Kier molecular flexibility index (Phi) is 5.42. The third kappa shape index (κ3) is 3.85. The predicted molar refractivity (Wildman–Crippen MR) is 110 cm³/mol. The molecule has 1 aliphatic rings. The van der Waals surface area contributed by atoms with Gasteiger partial charge in [-0.2, -0.15) is 4.31 Å². The fourth-order valence-electron chi connectivity index (χ4n) is 3.30. The molecule has 0 saturated carbocycles. The number of thiophene rings is 1. The molecule has 1 aromatic carbocycles. The molecule has 142 valence electrons. The third-order valence-corrected chi connectivity index (χ3v) is 8.34. The summed E-state index contributed by atoms with van der Waals surface area (Å²) in [6, 6.07) is 11.6. The van der Waals surface area contributed by atoms with Crippen LogP contribution in [0, 0.1) is 0 Å². The van der Waals surface area contributed by atoms with Gasteiger partial charge in [0.2, 0.25) is 10.0 Å². The highest BCUT2D eigenvalue weighted by Crippen LogP contribution is 2.36. The lowest BCUT2D eigenvalue weighted by Crippen LogP contribution is -2.48. The minimum atomic E-state index is -3.61. The van der Waals surface area contributed by atoms with Crippen molar-refractivity contribution in [3.05, 3.63) is 56.8 Å². The molecule has 9 heteroatoms. The average molecular weight is 442 g/mol. The van der Waals surface area contributed by atoms with Crippen LogP contribution in [0.3, 0.4) is 0 Å². The second-order valence-electron chi connectivity index (χ2n) is 6.36. The van der Waals surface area contributed by atoms with Crippen molar-refractivity contribution in [2.75, 3.05) is 26.2 Å². The first-order valence-electron chi connectivity index (χ1n) is 8.45. The second kappa shape index (κ2) is 7.66. The van der Waals surface area contributed by atoms with Crippen LogP contribution in [0.1, 0.15) is 5.56 Å². The molecule has 0 amide bonds. The predicted octanol–water partition coefficient (Wildman–Crippen LogP) is 4.11. The van der Waals surface area contributed by atoms with Gasteiger partial charge in [-0.15, -0.1) is 11.3 Å². The lowest BCUT2D eigenvalue weighted by atomic mass is 10.1. The zero-order chi connectivity index (χ0) is 19.0. The van der Waals surface area contributed by atoms with Gasteiger partial charge in [-0.1, -0.05) is 47.5 Å².